The van der Waals surface area contributed by atoms with Crippen LogP contribution >= 0.6 is 0 Å². The molecule has 1 aliphatic heterocycles. The average molecular weight is 373 g/mol. The summed E-state index contributed by atoms with van der Waals surface area (Å²) in [5.41, 5.74) is 1.73. The number of pyridine rings is 1. The molecule has 26 heavy (non-hydrogen) atoms. The van der Waals surface area contributed by atoms with E-state index in [9.17, 15) is 13.2 Å². The molecule has 1 amide bonds. The second-order valence-electron chi connectivity index (χ2n) is 6.51. The number of aromatic nitrogens is 1. The smallest absolute Gasteiger partial charge is 0.224 e. The third kappa shape index (κ3) is 4.89. The molecule has 7 heteroatoms. The first kappa shape index (κ1) is 18.5. The molecule has 1 aromatic heterocycles. The van der Waals surface area contributed by atoms with Crippen LogP contribution in [0.3, 0.4) is 0 Å². The number of benzene rings is 1. The lowest BCUT2D eigenvalue weighted by Crippen LogP contribution is -2.45. The second kappa shape index (κ2) is 8.42. The summed E-state index contributed by atoms with van der Waals surface area (Å²) in [6, 6.07) is 12.8. The van der Waals surface area contributed by atoms with Gasteiger partial charge in [-0.1, -0.05) is 30.3 Å². The average Bonchev–Trinajstić information content (AvgIpc) is 2.67. The van der Waals surface area contributed by atoms with E-state index in [1.165, 1.54) is 4.31 Å². The van der Waals surface area contributed by atoms with Crippen LogP contribution in [0.25, 0.3) is 0 Å². The fourth-order valence-corrected chi connectivity index (χ4v) is 4.73. The molecule has 0 spiro atoms. The lowest BCUT2D eigenvalue weighted by Gasteiger charge is -2.31. The van der Waals surface area contributed by atoms with Gasteiger partial charge in [0.15, 0.2) is 0 Å². The van der Waals surface area contributed by atoms with E-state index in [1.807, 2.05) is 30.3 Å². The van der Waals surface area contributed by atoms with Crippen molar-refractivity contribution in [1.82, 2.24) is 14.6 Å². The largest absolute Gasteiger partial charge is 0.352 e. The Labute approximate surface area is 154 Å². The van der Waals surface area contributed by atoms with Gasteiger partial charge in [-0.2, -0.15) is 0 Å². The Hall–Kier alpha value is -2.25. The van der Waals surface area contributed by atoms with Gasteiger partial charge in [0.05, 0.1) is 11.7 Å². The number of hydrogen-bond donors (Lipinski definition) is 1. The maximum Gasteiger partial charge on any atom is 0.224 e. The number of rotatable bonds is 6. The Morgan fingerprint density at radius 1 is 1.12 bits per heavy atom. The summed E-state index contributed by atoms with van der Waals surface area (Å²) in [6.45, 7) is 1.15. The highest BCUT2D eigenvalue weighted by Crippen LogP contribution is 2.21. The molecule has 0 radical (unpaired) electrons. The van der Waals surface area contributed by atoms with Gasteiger partial charge in [0, 0.05) is 32.0 Å². The zero-order valence-corrected chi connectivity index (χ0v) is 15.4. The molecule has 0 bridgehead atoms. The van der Waals surface area contributed by atoms with Crippen molar-refractivity contribution in [1.29, 1.82) is 0 Å². The lowest BCUT2D eigenvalue weighted by atomic mass is 9.99. The molecule has 1 aromatic carbocycles. The topological polar surface area (TPSA) is 79.4 Å². The minimum absolute atomic E-state index is 0.0286. The van der Waals surface area contributed by atoms with Crippen LogP contribution in [0.15, 0.2) is 54.9 Å². The SMILES string of the molecule is O=C(NCc1ccncc1)[C@@H]1CCCN(S(=O)(=O)Cc2ccccc2)C1. The number of piperidine rings is 1. The van der Waals surface area contributed by atoms with E-state index >= 15 is 0 Å². The van der Waals surface area contributed by atoms with E-state index < -0.39 is 10.0 Å². The van der Waals surface area contributed by atoms with Crippen molar-refractivity contribution >= 4 is 15.9 Å². The van der Waals surface area contributed by atoms with Gasteiger partial charge in [-0.05, 0) is 36.1 Å². The van der Waals surface area contributed by atoms with Crippen LogP contribution in [0, 0.1) is 5.92 Å². The van der Waals surface area contributed by atoms with Gasteiger partial charge in [0.1, 0.15) is 0 Å². The summed E-state index contributed by atoms with van der Waals surface area (Å²) < 4.78 is 26.8. The van der Waals surface area contributed by atoms with E-state index in [0.717, 1.165) is 11.1 Å². The molecule has 1 saturated heterocycles. The first-order valence-electron chi connectivity index (χ1n) is 8.73. The Morgan fingerprint density at radius 3 is 2.58 bits per heavy atom. The third-order valence-corrected chi connectivity index (χ3v) is 6.37. The number of carbonyl (C=O) groups is 1. The molecular formula is C19H23N3O3S. The van der Waals surface area contributed by atoms with Gasteiger partial charge in [-0.15, -0.1) is 0 Å². The first-order valence-corrected chi connectivity index (χ1v) is 10.3. The van der Waals surface area contributed by atoms with Gasteiger partial charge < -0.3 is 5.32 Å². The standard InChI is InChI=1S/C19H23N3O3S/c23-19(21-13-16-8-10-20-11-9-16)18-7-4-12-22(14-18)26(24,25)15-17-5-2-1-3-6-17/h1-3,5-6,8-11,18H,4,7,12-15H2,(H,21,23)/t18-/m1/s1. The second-order valence-corrected chi connectivity index (χ2v) is 8.48. The maximum atomic E-state index is 12.7. The van der Waals surface area contributed by atoms with Crippen LogP contribution in [-0.4, -0.2) is 36.7 Å². The van der Waals surface area contributed by atoms with Crippen LogP contribution < -0.4 is 5.32 Å². The summed E-state index contributed by atoms with van der Waals surface area (Å²) in [5, 5.41) is 2.90. The highest BCUT2D eigenvalue weighted by atomic mass is 32.2. The molecule has 0 unspecified atom stereocenters. The molecule has 3 rings (SSSR count). The molecule has 2 heterocycles. The Balaban J connectivity index is 1.58. The van der Waals surface area contributed by atoms with E-state index in [4.69, 9.17) is 0 Å². The molecule has 1 atom stereocenters. The number of sulfonamides is 1. The summed E-state index contributed by atoms with van der Waals surface area (Å²) in [6.07, 6.45) is 4.76. The highest BCUT2D eigenvalue weighted by Gasteiger charge is 2.32. The van der Waals surface area contributed by atoms with E-state index in [0.29, 0.717) is 25.9 Å². The molecule has 1 N–H and O–H groups in total. The van der Waals surface area contributed by atoms with Crippen molar-refractivity contribution in [2.45, 2.75) is 25.1 Å². The summed E-state index contributed by atoms with van der Waals surface area (Å²) in [7, 11) is -3.42. The molecule has 138 valence electrons. The number of hydrogen-bond acceptors (Lipinski definition) is 4. The normalized spacial score (nSPS) is 18.4. The number of carbonyl (C=O) groups excluding carboxylic acids is 1. The van der Waals surface area contributed by atoms with Crippen molar-refractivity contribution in [3.05, 3.63) is 66.0 Å². The molecule has 0 saturated carbocycles. The van der Waals surface area contributed by atoms with Gasteiger partial charge in [0.25, 0.3) is 0 Å². The molecule has 2 aromatic rings. The van der Waals surface area contributed by atoms with Crippen molar-refractivity contribution in [3.8, 4) is 0 Å². The third-order valence-electron chi connectivity index (χ3n) is 4.56. The zero-order valence-electron chi connectivity index (χ0n) is 14.5. The van der Waals surface area contributed by atoms with Crippen molar-refractivity contribution in [2.75, 3.05) is 13.1 Å². The fraction of sp³-hybridized carbons (Fsp3) is 0.368. The number of amides is 1. The van der Waals surface area contributed by atoms with Crippen LogP contribution in [0.4, 0.5) is 0 Å². The van der Waals surface area contributed by atoms with Crippen LogP contribution in [-0.2, 0) is 27.1 Å². The van der Waals surface area contributed by atoms with Crippen LogP contribution in [0.1, 0.15) is 24.0 Å². The van der Waals surface area contributed by atoms with Crippen molar-refractivity contribution < 1.29 is 13.2 Å². The predicted molar refractivity (Wildman–Crippen MR) is 99.4 cm³/mol. The Bertz CT molecular complexity index is 826. The molecular weight excluding hydrogens is 350 g/mol. The van der Waals surface area contributed by atoms with Gasteiger partial charge >= 0.3 is 0 Å². The Morgan fingerprint density at radius 2 is 1.85 bits per heavy atom. The Kier molecular flexibility index (Phi) is 6.00. The fourth-order valence-electron chi connectivity index (χ4n) is 3.12. The molecule has 1 fully saturated rings. The van der Waals surface area contributed by atoms with Crippen LogP contribution in [0.5, 0.6) is 0 Å². The summed E-state index contributed by atoms with van der Waals surface area (Å²) in [4.78, 5) is 16.4. The molecule has 0 aliphatic carbocycles. The van der Waals surface area contributed by atoms with Gasteiger partial charge in [-0.3, -0.25) is 9.78 Å². The van der Waals surface area contributed by atoms with Crippen LogP contribution in [0.2, 0.25) is 0 Å². The van der Waals surface area contributed by atoms with E-state index in [-0.39, 0.29) is 24.1 Å². The molecule has 1 aliphatic rings. The minimum Gasteiger partial charge on any atom is -0.352 e. The van der Waals surface area contributed by atoms with Crippen molar-refractivity contribution in [3.63, 3.8) is 0 Å². The summed E-state index contributed by atoms with van der Waals surface area (Å²) >= 11 is 0. The predicted octanol–water partition coefficient (Wildman–Crippen LogP) is 1.94. The highest BCUT2D eigenvalue weighted by molar-refractivity contribution is 7.88. The van der Waals surface area contributed by atoms with Gasteiger partial charge in [0.2, 0.25) is 15.9 Å². The maximum absolute atomic E-state index is 12.7. The quantitative estimate of drug-likeness (QED) is 0.839. The van der Waals surface area contributed by atoms with Gasteiger partial charge in [-0.25, -0.2) is 12.7 Å². The minimum atomic E-state index is -3.42. The lowest BCUT2D eigenvalue weighted by molar-refractivity contribution is -0.126. The number of nitrogens with one attached hydrogen (secondary N) is 1. The van der Waals surface area contributed by atoms with E-state index in [2.05, 4.69) is 10.3 Å². The van der Waals surface area contributed by atoms with Crippen molar-refractivity contribution in [2.24, 2.45) is 5.92 Å². The zero-order chi connectivity index (χ0) is 18.4. The monoisotopic (exact) mass is 373 g/mol. The first-order chi connectivity index (χ1) is 12.5. The van der Waals surface area contributed by atoms with E-state index in [1.54, 1.807) is 24.5 Å². The number of nitrogens with zero attached hydrogens (tertiary/aromatic N) is 2. The summed E-state index contributed by atoms with van der Waals surface area (Å²) in [5.74, 6) is -0.434. The molecule has 6 nitrogen and oxygen atoms in total.